The molecular formula is C34H38ClNO3. The van der Waals surface area contributed by atoms with E-state index in [1.54, 1.807) is 0 Å². The molecular weight excluding hydrogens is 506 g/mol. The van der Waals surface area contributed by atoms with Crippen LogP contribution >= 0.6 is 11.6 Å². The molecule has 0 bridgehead atoms. The standard InChI is InChI=1S/C34H38ClNO3/c1-22-14-9-10-15-26(22)33(3,4)23(2)20-24-31(35)25(32(24)39)21-29-34(5,6)27-16-11-12-17-28(27)36(29)19-13-7-8-18-30(37)38/h9-12,14-17,20-21H,2,7-8,13,18-19H2,1,3-6H3,(H,37,38)/b24-20+,29-21-. The van der Waals surface area contributed by atoms with E-state index in [0.29, 0.717) is 22.6 Å². The van der Waals surface area contributed by atoms with Crippen LogP contribution in [-0.4, -0.2) is 23.4 Å². The molecule has 39 heavy (non-hydrogen) atoms. The van der Waals surface area contributed by atoms with Gasteiger partial charge in [0.2, 0.25) is 0 Å². The maximum absolute atomic E-state index is 13.4. The average molecular weight is 544 g/mol. The number of nitrogens with zero attached hydrogens (tertiary/aromatic N) is 1. The van der Waals surface area contributed by atoms with Crippen molar-refractivity contribution < 1.29 is 14.7 Å². The van der Waals surface area contributed by atoms with Crippen LogP contribution in [0.4, 0.5) is 5.69 Å². The number of carboxylic acids is 1. The number of ketones is 1. The zero-order valence-corrected chi connectivity index (χ0v) is 24.4. The summed E-state index contributed by atoms with van der Waals surface area (Å²) in [4.78, 5) is 26.6. The van der Waals surface area contributed by atoms with E-state index in [4.69, 9.17) is 16.7 Å². The minimum absolute atomic E-state index is 0.0672. The second-order valence-corrected chi connectivity index (χ2v) is 12.0. The van der Waals surface area contributed by atoms with E-state index in [1.165, 1.54) is 16.7 Å². The molecule has 0 fully saturated rings. The molecule has 0 saturated carbocycles. The lowest BCUT2D eigenvalue weighted by Gasteiger charge is -2.31. The van der Waals surface area contributed by atoms with Crippen LogP contribution in [0, 0.1) is 6.92 Å². The number of hydrogen-bond donors (Lipinski definition) is 1. The first kappa shape index (κ1) is 28.6. The van der Waals surface area contributed by atoms with E-state index in [2.05, 4.69) is 70.4 Å². The predicted molar refractivity (Wildman–Crippen MR) is 160 cm³/mol. The first-order chi connectivity index (χ1) is 18.4. The summed E-state index contributed by atoms with van der Waals surface area (Å²) in [6.45, 7) is 15.7. The van der Waals surface area contributed by atoms with E-state index in [-0.39, 0.29) is 23.0 Å². The third kappa shape index (κ3) is 5.40. The smallest absolute Gasteiger partial charge is 0.303 e. The number of carbonyl (C=O) groups excluding carboxylic acids is 1. The molecule has 0 unspecified atom stereocenters. The zero-order chi connectivity index (χ0) is 28.5. The summed E-state index contributed by atoms with van der Waals surface area (Å²) in [6, 6.07) is 16.5. The molecule has 2 aliphatic rings. The molecule has 1 N–H and O–H groups in total. The number of Topliss-reactive ketones (excluding diaryl/α,β-unsaturated/α-hetero) is 1. The molecule has 0 radical (unpaired) electrons. The van der Waals surface area contributed by atoms with Crippen molar-refractivity contribution in [2.45, 2.75) is 71.1 Å². The number of rotatable bonds is 10. The lowest BCUT2D eigenvalue weighted by molar-refractivity contribution is -0.137. The molecule has 5 heteroatoms. The number of anilines is 1. The normalized spacial score (nSPS) is 18.5. The van der Waals surface area contributed by atoms with Gasteiger partial charge in [0.05, 0.1) is 5.03 Å². The third-order valence-electron chi connectivity index (χ3n) is 8.25. The molecule has 0 aromatic heterocycles. The van der Waals surface area contributed by atoms with Gasteiger partial charge in [0.25, 0.3) is 0 Å². The van der Waals surface area contributed by atoms with Gasteiger partial charge in [-0.15, -0.1) is 0 Å². The summed E-state index contributed by atoms with van der Waals surface area (Å²) < 4.78 is 0. The Morgan fingerprint density at radius 3 is 2.41 bits per heavy atom. The molecule has 4 rings (SSSR count). The molecule has 0 spiro atoms. The first-order valence-corrected chi connectivity index (χ1v) is 14.0. The molecule has 2 aromatic rings. The number of carbonyl (C=O) groups is 2. The number of fused-ring (bicyclic) bond motifs is 1. The van der Waals surface area contributed by atoms with Crippen LogP contribution < -0.4 is 4.90 Å². The van der Waals surface area contributed by atoms with Gasteiger partial charge in [0.1, 0.15) is 0 Å². The molecule has 1 aliphatic carbocycles. The first-order valence-electron chi connectivity index (χ1n) is 13.6. The highest BCUT2D eigenvalue weighted by atomic mass is 35.5. The number of carboxylic acid groups (broad SMARTS) is 1. The summed E-state index contributed by atoms with van der Waals surface area (Å²) in [6.07, 6.45) is 6.31. The highest BCUT2D eigenvalue weighted by molar-refractivity contribution is 6.45. The molecule has 1 aliphatic heterocycles. The Morgan fingerprint density at radius 1 is 1.08 bits per heavy atom. The highest BCUT2D eigenvalue weighted by Gasteiger charge is 2.42. The van der Waals surface area contributed by atoms with Gasteiger partial charge in [-0.3, -0.25) is 9.59 Å². The second kappa shape index (κ2) is 11.0. The fourth-order valence-corrected chi connectivity index (χ4v) is 5.97. The van der Waals surface area contributed by atoms with Gasteiger partial charge in [-0.1, -0.05) is 94.8 Å². The lowest BCUT2D eigenvalue weighted by Crippen LogP contribution is -2.29. The highest BCUT2D eigenvalue weighted by Crippen LogP contribution is 2.49. The monoisotopic (exact) mass is 543 g/mol. The molecule has 204 valence electrons. The number of aliphatic carboxylic acids is 1. The van der Waals surface area contributed by atoms with Crippen molar-refractivity contribution in [2.24, 2.45) is 0 Å². The topological polar surface area (TPSA) is 57.6 Å². The summed E-state index contributed by atoms with van der Waals surface area (Å²) in [5.74, 6) is -0.829. The minimum Gasteiger partial charge on any atom is -0.481 e. The van der Waals surface area contributed by atoms with Crippen molar-refractivity contribution in [3.05, 3.63) is 111 Å². The van der Waals surface area contributed by atoms with Crippen molar-refractivity contribution in [2.75, 3.05) is 11.4 Å². The number of aryl methyl sites for hydroxylation is 1. The SMILES string of the molecule is C=C(/C=C1/C(=O)C(/C=C2\N(CCCCCC(=O)O)c3ccccc3C2(C)C)=C1Cl)C(C)(C)c1ccccc1C. The van der Waals surface area contributed by atoms with Gasteiger partial charge < -0.3 is 10.0 Å². The van der Waals surface area contributed by atoms with Gasteiger partial charge in [0, 0.05) is 46.3 Å². The Bertz CT molecular complexity index is 1420. The van der Waals surface area contributed by atoms with Gasteiger partial charge in [0.15, 0.2) is 5.78 Å². The fraction of sp³-hybridized carbons (Fsp3) is 0.353. The third-order valence-corrected chi connectivity index (χ3v) is 8.66. The maximum Gasteiger partial charge on any atom is 0.303 e. The summed E-state index contributed by atoms with van der Waals surface area (Å²) >= 11 is 6.78. The van der Waals surface area contributed by atoms with Crippen LogP contribution in [-0.2, 0) is 20.4 Å². The number of halogens is 1. The Hall–Kier alpha value is -3.37. The molecule has 4 nitrogen and oxygen atoms in total. The number of hydrogen-bond acceptors (Lipinski definition) is 3. The number of allylic oxidation sites excluding steroid dienone is 7. The average Bonchev–Trinajstić information content (AvgIpc) is 3.10. The van der Waals surface area contributed by atoms with Gasteiger partial charge in [-0.2, -0.15) is 0 Å². The summed E-state index contributed by atoms with van der Waals surface area (Å²) in [7, 11) is 0. The van der Waals surface area contributed by atoms with Crippen LogP contribution in [0.15, 0.2) is 94.7 Å². The number of benzene rings is 2. The van der Waals surface area contributed by atoms with Crippen LogP contribution in [0.25, 0.3) is 0 Å². The van der Waals surface area contributed by atoms with E-state index >= 15 is 0 Å². The molecule has 2 aromatic carbocycles. The summed E-state index contributed by atoms with van der Waals surface area (Å²) in [5.41, 5.74) is 6.91. The Labute approximate surface area is 237 Å². The zero-order valence-electron chi connectivity index (χ0n) is 23.6. The lowest BCUT2D eigenvalue weighted by atomic mass is 9.74. The Balaban J connectivity index is 1.63. The van der Waals surface area contributed by atoms with E-state index in [1.807, 2.05) is 36.4 Å². The maximum atomic E-state index is 13.4. The van der Waals surface area contributed by atoms with E-state index < -0.39 is 5.97 Å². The second-order valence-electron chi connectivity index (χ2n) is 11.6. The quantitative estimate of drug-likeness (QED) is 0.242. The van der Waals surface area contributed by atoms with Crippen molar-refractivity contribution >= 4 is 29.0 Å². The molecule has 0 atom stereocenters. The van der Waals surface area contributed by atoms with Crippen LogP contribution in [0.1, 0.15) is 70.1 Å². The van der Waals surface area contributed by atoms with Gasteiger partial charge in [-0.25, -0.2) is 0 Å². The number of unbranched alkanes of at least 4 members (excludes halogenated alkanes) is 2. The summed E-state index contributed by atoms with van der Waals surface area (Å²) in [5, 5.41) is 9.43. The predicted octanol–water partition coefficient (Wildman–Crippen LogP) is 8.16. The largest absolute Gasteiger partial charge is 0.481 e. The molecule has 0 saturated heterocycles. The van der Waals surface area contributed by atoms with E-state index in [0.717, 1.165) is 36.3 Å². The van der Waals surface area contributed by atoms with E-state index in [9.17, 15) is 9.59 Å². The van der Waals surface area contributed by atoms with Crippen LogP contribution in [0.3, 0.4) is 0 Å². The molecule has 0 amide bonds. The van der Waals surface area contributed by atoms with Crippen molar-refractivity contribution in [3.63, 3.8) is 0 Å². The fourth-order valence-electron chi connectivity index (χ4n) is 5.69. The van der Waals surface area contributed by atoms with Gasteiger partial charge >= 0.3 is 5.97 Å². The van der Waals surface area contributed by atoms with Crippen molar-refractivity contribution in [3.8, 4) is 0 Å². The Kier molecular flexibility index (Phi) is 8.09. The number of para-hydroxylation sites is 1. The molecule has 1 heterocycles. The Morgan fingerprint density at radius 2 is 1.74 bits per heavy atom. The van der Waals surface area contributed by atoms with Crippen LogP contribution in [0.2, 0.25) is 0 Å². The van der Waals surface area contributed by atoms with Crippen LogP contribution in [0.5, 0.6) is 0 Å². The van der Waals surface area contributed by atoms with Crippen molar-refractivity contribution in [1.29, 1.82) is 0 Å². The minimum atomic E-state index is -0.762. The van der Waals surface area contributed by atoms with Gasteiger partial charge in [-0.05, 0) is 60.2 Å². The van der Waals surface area contributed by atoms with Crippen molar-refractivity contribution in [1.82, 2.24) is 0 Å².